The molecule has 1 saturated carbocycles. The van der Waals surface area contributed by atoms with Crippen LogP contribution in [0.1, 0.15) is 48.1 Å². The van der Waals surface area contributed by atoms with Crippen molar-refractivity contribution in [2.75, 3.05) is 6.61 Å². The van der Waals surface area contributed by atoms with Gasteiger partial charge in [-0.15, -0.1) is 0 Å². The van der Waals surface area contributed by atoms with Gasteiger partial charge in [-0.3, -0.25) is 4.79 Å². The average Bonchev–Trinajstić information content (AvgIpc) is 3.55. The van der Waals surface area contributed by atoms with Crippen molar-refractivity contribution >= 4 is 11.6 Å². The van der Waals surface area contributed by atoms with Crippen molar-refractivity contribution in [3.8, 4) is 5.75 Å². The molecule has 32 heavy (non-hydrogen) atoms. The summed E-state index contributed by atoms with van der Waals surface area (Å²) in [4.78, 5) is 13.2. The largest absolute Gasteiger partial charge is 0.494 e. The lowest BCUT2D eigenvalue weighted by atomic mass is 9.84. The Balaban J connectivity index is 1.56. The molecule has 164 valence electrons. The topological polar surface area (TPSA) is 50.7 Å². The maximum atomic E-state index is 13.2. The highest BCUT2D eigenvalue weighted by Gasteiger charge is 2.60. The second kappa shape index (κ2) is 8.99. The molecule has 1 atom stereocenters. The number of ether oxygens (including phenoxy) is 1. The molecule has 4 rings (SSSR count). The van der Waals surface area contributed by atoms with Crippen molar-refractivity contribution in [1.82, 2.24) is 5.43 Å². The van der Waals surface area contributed by atoms with Crippen LogP contribution in [0.2, 0.25) is 0 Å². The van der Waals surface area contributed by atoms with Crippen LogP contribution < -0.4 is 10.2 Å². The Hall–Kier alpha value is -3.40. The fraction of sp³-hybridized carbons (Fsp3) is 0.286. The van der Waals surface area contributed by atoms with Crippen molar-refractivity contribution in [1.29, 1.82) is 0 Å². The van der Waals surface area contributed by atoms with E-state index in [1.54, 1.807) is 0 Å². The number of aryl methyl sites for hydroxylation is 2. The van der Waals surface area contributed by atoms with Gasteiger partial charge in [-0.25, -0.2) is 5.43 Å². The van der Waals surface area contributed by atoms with E-state index in [1.165, 1.54) is 22.3 Å². The number of nitrogens with one attached hydrogen (secondary N) is 1. The van der Waals surface area contributed by atoms with E-state index in [0.29, 0.717) is 6.61 Å². The van der Waals surface area contributed by atoms with Crippen LogP contribution in [0.3, 0.4) is 0 Å². The molecule has 0 saturated heterocycles. The van der Waals surface area contributed by atoms with Gasteiger partial charge in [-0.05, 0) is 75.1 Å². The molecule has 1 aliphatic carbocycles. The predicted octanol–water partition coefficient (Wildman–Crippen LogP) is 5.55. The third-order valence-corrected chi connectivity index (χ3v) is 6.26. The van der Waals surface area contributed by atoms with E-state index in [9.17, 15) is 4.79 Å². The first kappa shape index (κ1) is 21.8. The number of hydrogen-bond acceptors (Lipinski definition) is 3. The highest BCUT2D eigenvalue weighted by Crippen LogP contribution is 2.59. The first-order chi connectivity index (χ1) is 15.4. The minimum Gasteiger partial charge on any atom is -0.494 e. The molecule has 1 aliphatic rings. The molecule has 1 amide bonds. The quantitative estimate of drug-likeness (QED) is 0.398. The summed E-state index contributed by atoms with van der Waals surface area (Å²) in [7, 11) is 0. The van der Waals surface area contributed by atoms with E-state index in [4.69, 9.17) is 4.74 Å². The Kier molecular flexibility index (Phi) is 6.13. The maximum Gasteiger partial charge on any atom is 0.244 e. The van der Waals surface area contributed by atoms with Crippen molar-refractivity contribution in [2.24, 2.45) is 11.0 Å². The fourth-order valence-electron chi connectivity index (χ4n) is 4.47. The molecule has 3 aromatic rings. The zero-order chi connectivity index (χ0) is 22.7. The number of nitrogens with zero attached hydrogens (tertiary/aromatic N) is 1. The maximum absolute atomic E-state index is 13.2. The number of amides is 1. The number of benzene rings is 3. The molecule has 0 aromatic heterocycles. The van der Waals surface area contributed by atoms with E-state index in [-0.39, 0.29) is 17.2 Å². The summed E-state index contributed by atoms with van der Waals surface area (Å²) in [6.07, 6.45) is 0.781. The lowest BCUT2D eigenvalue weighted by molar-refractivity contribution is -0.122. The molecule has 0 unspecified atom stereocenters. The van der Waals surface area contributed by atoms with Gasteiger partial charge >= 0.3 is 0 Å². The number of rotatable bonds is 7. The van der Waals surface area contributed by atoms with E-state index >= 15 is 0 Å². The number of hydrogen-bond donors (Lipinski definition) is 1. The van der Waals surface area contributed by atoms with Gasteiger partial charge in [-0.2, -0.15) is 5.10 Å². The zero-order valence-electron chi connectivity index (χ0n) is 19.2. The smallest absolute Gasteiger partial charge is 0.244 e. The van der Waals surface area contributed by atoms with Crippen LogP contribution in [0.5, 0.6) is 5.75 Å². The third kappa shape index (κ3) is 4.31. The Morgan fingerprint density at radius 1 is 1.00 bits per heavy atom. The monoisotopic (exact) mass is 426 g/mol. The summed E-state index contributed by atoms with van der Waals surface area (Å²) in [5.41, 5.74) is 9.02. The standard InChI is InChI=1S/C28H30N2O2/c1-5-32-25-14-12-22(13-15-25)21(4)29-30-27(31)26-18-28(26,23-10-6-8-19(2)16-23)24-11-7-9-20(3)17-24/h6-17,26H,5,18H2,1-4H3,(H,30,31)/t26-/m1/s1. The summed E-state index contributed by atoms with van der Waals surface area (Å²) in [6, 6.07) is 24.7. The van der Waals surface area contributed by atoms with E-state index < -0.39 is 0 Å². The van der Waals surface area contributed by atoms with Crippen molar-refractivity contribution in [3.63, 3.8) is 0 Å². The molecule has 1 fully saturated rings. The summed E-state index contributed by atoms with van der Waals surface area (Å²) >= 11 is 0. The molecule has 3 aromatic carbocycles. The molecular formula is C28H30N2O2. The summed E-state index contributed by atoms with van der Waals surface area (Å²) < 4.78 is 5.49. The Morgan fingerprint density at radius 3 is 2.12 bits per heavy atom. The SMILES string of the molecule is CCOc1ccc(C(C)=NNC(=O)[C@H]2CC2(c2cccc(C)c2)c2cccc(C)c2)cc1. The summed E-state index contributed by atoms with van der Waals surface area (Å²) in [5.74, 6) is 0.633. The van der Waals surface area contributed by atoms with E-state index in [0.717, 1.165) is 23.4 Å². The Morgan fingerprint density at radius 2 is 1.59 bits per heavy atom. The van der Waals surface area contributed by atoms with Crippen LogP contribution in [-0.4, -0.2) is 18.2 Å². The molecule has 0 heterocycles. The lowest BCUT2D eigenvalue weighted by Gasteiger charge is -2.20. The molecule has 0 spiro atoms. The molecule has 4 heteroatoms. The lowest BCUT2D eigenvalue weighted by Crippen LogP contribution is -2.26. The van der Waals surface area contributed by atoms with Crippen LogP contribution >= 0.6 is 0 Å². The van der Waals surface area contributed by atoms with Crippen LogP contribution in [0, 0.1) is 19.8 Å². The van der Waals surface area contributed by atoms with Gasteiger partial charge in [0.2, 0.25) is 5.91 Å². The van der Waals surface area contributed by atoms with Gasteiger partial charge < -0.3 is 4.74 Å². The molecule has 1 N–H and O–H groups in total. The number of hydrazone groups is 1. The molecule has 0 radical (unpaired) electrons. The average molecular weight is 427 g/mol. The van der Waals surface area contributed by atoms with Gasteiger partial charge in [0, 0.05) is 5.41 Å². The number of carbonyl (C=O) groups is 1. The van der Waals surface area contributed by atoms with E-state index in [2.05, 4.69) is 72.9 Å². The van der Waals surface area contributed by atoms with Crippen molar-refractivity contribution in [2.45, 2.75) is 39.5 Å². The van der Waals surface area contributed by atoms with Crippen LogP contribution in [-0.2, 0) is 10.2 Å². The van der Waals surface area contributed by atoms with Gasteiger partial charge in [0.15, 0.2) is 0 Å². The zero-order valence-corrected chi connectivity index (χ0v) is 19.2. The third-order valence-electron chi connectivity index (χ3n) is 6.26. The van der Waals surface area contributed by atoms with Crippen molar-refractivity contribution < 1.29 is 9.53 Å². The van der Waals surface area contributed by atoms with Crippen LogP contribution in [0.15, 0.2) is 77.9 Å². The molecule has 0 aliphatic heterocycles. The van der Waals surface area contributed by atoms with Crippen molar-refractivity contribution in [3.05, 3.63) is 101 Å². The first-order valence-corrected chi connectivity index (χ1v) is 11.2. The second-order valence-electron chi connectivity index (χ2n) is 8.60. The summed E-state index contributed by atoms with van der Waals surface area (Å²) in [6.45, 7) is 8.68. The minimum atomic E-state index is -0.301. The van der Waals surface area contributed by atoms with Gasteiger partial charge in [-0.1, -0.05) is 59.7 Å². The van der Waals surface area contributed by atoms with Gasteiger partial charge in [0.05, 0.1) is 18.2 Å². The van der Waals surface area contributed by atoms with Crippen LogP contribution in [0.4, 0.5) is 0 Å². The fourth-order valence-corrected chi connectivity index (χ4v) is 4.47. The highest BCUT2D eigenvalue weighted by atomic mass is 16.5. The summed E-state index contributed by atoms with van der Waals surface area (Å²) in [5, 5.41) is 4.40. The minimum absolute atomic E-state index is 0.0432. The highest BCUT2D eigenvalue weighted by molar-refractivity contribution is 5.99. The molecule has 4 nitrogen and oxygen atoms in total. The number of carbonyl (C=O) groups excluding carboxylic acids is 1. The second-order valence-corrected chi connectivity index (χ2v) is 8.60. The first-order valence-electron chi connectivity index (χ1n) is 11.2. The van der Waals surface area contributed by atoms with Gasteiger partial charge in [0.25, 0.3) is 0 Å². The Bertz CT molecular complexity index is 1100. The predicted molar refractivity (Wildman–Crippen MR) is 129 cm³/mol. The molecular weight excluding hydrogens is 396 g/mol. The van der Waals surface area contributed by atoms with E-state index in [1.807, 2.05) is 38.1 Å². The van der Waals surface area contributed by atoms with Crippen LogP contribution in [0.25, 0.3) is 0 Å². The normalized spacial score (nSPS) is 17.0. The Labute approximate surface area is 190 Å². The van der Waals surface area contributed by atoms with Gasteiger partial charge in [0.1, 0.15) is 5.75 Å². The molecule has 0 bridgehead atoms.